The van der Waals surface area contributed by atoms with E-state index in [1.807, 2.05) is 26.0 Å². The predicted molar refractivity (Wildman–Crippen MR) is 124 cm³/mol. The largest absolute Gasteiger partial charge is 0.476 e. The van der Waals surface area contributed by atoms with Gasteiger partial charge in [-0.1, -0.05) is 6.07 Å². The lowest BCUT2D eigenvalue weighted by Gasteiger charge is -2.24. The molecule has 2 aromatic heterocycles. The normalized spacial score (nSPS) is 20.3. The molecule has 3 atom stereocenters. The Morgan fingerprint density at radius 2 is 1.91 bits per heavy atom. The number of rotatable bonds is 5. The number of pyridine rings is 1. The fraction of sp³-hybridized carbons (Fsp3) is 0.417. The number of aromatic carboxylic acids is 1. The van der Waals surface area contributed by atoms with Crippen LogP contribution in [0.4, 0.5) is 11.6 Å². The number of aromatic nitrogens is 3. The lowest BCUT2D eigenvalue weighted by atomic mass is 10.0. The van der Waals surface area contributed by atoms with Gasteiger partial charge in [0.05, 0.1) is 22.6 Å². The van der Waals surface area contributed by atoms with E-state index in [0.29, 0.717) is 28.2 Å². The Kier molecular flexibility index (Phi) is 4.69. The van der Waals surface area contributed by atoms with Gasteiger partial charge < -0.3 is 15.3 Å². The van der Waals surface area contributed by atoms with Crippen molar-refractivity contribution in [3.8, 4) is 0 Å². The van der Waals surface area contributed by atoms with Gasteiger partial charge in [-0.2, -0.15) is 0 Å². The first kappa shape index (κ1) is 20.5. The number of nitrogens with one attached hydrogen (secondary N) is 1. The molecule has 8 nitrogen and oxygen atoms in total. The van der Waals surface area contributed by atoms with Crippen LogP contribution in [0, 0.1) is 25.7 Å². The molecule has 1 saturated carbocycles. The zero-order chi connectivity index (χ0) is 22.7. The molecular weight excluding hydrogens is 406 g/mol. The molecule has 2 fully saturated rings. The van der Waals surface area contributed by atoms with Crippen LogP contribution in [0.1, 0.15) is 46.7 Å². The third-order valence-corrected chi connectivity index (χ3v) is 6.67. The summed E-state index contributed by atoms with van der Waals surface area (Å²) in [5.74, 6) is 1.07. The van der Waals surface area contributed by atoms with Gasteiger partial charge in [-0.25, -0.2) is 14.8 Å². The molecule has 0 radical (unpaired) electrons. The summed E-state index contributed by atoms with van der Waals surface area (Å²) in [7, 11) is 1.79. The summed E-state index contributed by atoms with van der Waals surface area (Å²) in [6.45, 7) is 7.55. The van der Waals surface area contributed by atoms with Crippen molar-refractivity contribution < 1.29 is 9.90 Å². The Bertz CT molecular complexity index is 1310. The van der Waals surface area contributed by atoms with Gasteiger partial charge in [0.2, 0.25) is 5.95 Å². The minimum absolute atomic E-state index is 0.0188. The highest BCUT2D eigenvalue weighted by Gasteiger charge is 2.46. The van der Waals surface area contributed by atoms with E-state index in [2.05, 4.69) is 15.2 Å². The molecule has 1 saturated heterocycles. The first-order valence-electron chi connectivity index (χ1n) is 11.0. The Morgan fingerprint density at radius 3 is 2.59 bits per heavy atom. The first-order valence-corrected chi connectivity index (χ1v) is 11.0. The maximum atomic E-state index is 13.3. The molecule has 2 N–H and O–H groups in total. The van der Waals surface area contributed by atoms with Crippen molar-refractivity contribution in [2.45, 2.75) is 33.2 Å². The van der Waals surface area contributed by atoms with Crippen molar-refractivity contribution in [2.24, 2.45) is 18.9 Å². The zero-order valence-corrected chi connectivity index (χ0v) is 18.7. The number of hydrogen-bond acceptors (Lipinski definition) is 6. The first-order chi connectivity index (χ1) is 15.2. The molecule has 166 valence electrons. The highest BCUT2D eigenvalue weighted by atomic mass is 16.4. The van der Waals surface area contributed by atoms with Crippen LogP contribution in [0.3, 0.4) is 0 Å². The second-order valence-electron chi connectivity index (χ2n) is 9.21. The number of nitrogens with zero attached hydrogens (tertiary/aromatic N) is 4. The van der Waals surface area contributed by atoms with E-state index in [9.17, 15) is 14.7 Å². The molecule has 3 aromatic rings. The molecule has 8 heteroatoms. The second-order valence-corrected chi connectivity index (χ2v) is 9.21. The zero-order valence-electron chi connectivity index (χ0n) is 18.7. The SMILES string of the molecule is Cc1cc(C(C)Nc2ccc(C)nc2C(=O)O)c2nc(N3CC4CC4C3)n(C)c(=O)c2c1. The number of aryl methyl sites for hydroxylation is 2. The van der Waals surface area contributed by atoms with E-state index in [4.69, 9.17) is 4.98 Å². The number of hydrogen-bond donors (Lipinski definition) is 2. The molecule has 1 aromatic carbocycles. The summed E-state index contributed by atoms with van der Waals surface area (Å²) in [5, 5.41) is 13.4. The van der Waals surface area contributed by atoms with Gasteiger partial charge in [0.1, 0.15) is 0 Å². The van der Waals surface area contributed by atoms with E-state index < -0.39 is 5.97 Å². The summed E-state index contributed by atoms with van der Waals surface area (Å²) >= 11 is 0. The lowest BCUT2D eigenvalue weighted by molar-refractivity contribution is 0.0691. The van der Waals surface area contributed by atoms with Crippen LogP contribution in [0.25, 0.3) is 10.9 Å². The Morgan fingerprint density at radius 1 is 1.19 bits per heavy atom. The van der Waals surface area contributed by atoms with Gasteiger partial charge in [0.15, 0.2) is 5.69 Å². The van der Waals surface area contributed by atoms with Gasteiger partial charge in [0, 0.05) is 31.4 Å². The highest BCUT2D eigenvalue weighted by Crippen LogP contribution is 2.46. The molecule has 3 heterocycles. The van der Waals surface area contributed by atoms with Gasteiger partial charge in [0.25, 0.3) is 5.56 Å². The third kappa shape index (κ3) is 3.39. The average Bonchev–Trinajstić information content (AvgIpc) is 3.36. The second kappa shape index (κ2) is 7.32. The number of piperidine rings is 1. The molecule has 32 heavy (non-hydrogen) atoms. The summed E-state index contributed by atoms with van der Waals surface area (Å²) < 4.78 is 1.65. The van der Waals surface area contributed by atoms with Crippen molar-refractivity contribution in [3.63, 3.8) is 0 Å². The molecule has 1 aliphatic heterocycles. The monoisotopic (exact) mass is 433 g/mol. The molecule has 3 unspecified atom stereocenters. The van der Waals surface area contributed by atoms with Crippen LogP contribution < -0.4 is 15.8 Å². The van der Waals surface area contributed by atoms with Crippen molar-refractivity contribution in [3.05, 3.63) is 57.1 Å². The van der Waals surface area contributed by atoms with Gasteiger partial charge in [-0.3, -0.25) is 9.36 Å². The average molecular weight is 434 g/mol. The molecule has 2 aliphatic rings. The minimum atomic E-state index is -1.08. The number of anilines is 2. The number of fused-ring (bicyclic) bond motifs is 2. The lowest BCUT2D eigenvalue weighted by Crippen LogP contribution is -2.31. The van der Waals surface area contributed by atoms with Crippen LogP contribution in [0.2, 0.25) is 0 Å². The van der Waals surface area contributed by atoms with Crippen molar-refractivity contribution in [1.29, 1.82) is 0 Å². The topological polar surface area (TPSA) is 100 Å². The maximum absolute atomic E-state index is 13.3. The number of carbonyl (C=O) groups is 1. The van der Waals surface area contributed by atoms with Crippen molar-refractivity contribution in [1.82, 2.24) is 14.5 Å². The van der Waals surface area contributed by atoms with Crippen molar-refractivity contribution >= 4 is 28.5 Å². The van der Waals surface area contributed by atoms with Gasteiger partial charge in [-0.05, 0) is 62.8 Å². The van der Waals surface area contributed by atoms with Crippen LogP contribution in [0.5, 0.6) is 0 Å². The molecular formula is C24H27N5O3. The number of carboxylic acid groups (broad SMARTS) is 1. The quantitative estimate of drug-likeness (QED) is 0.637. The highest BCUT2D eigenvalue weighted by molar-refractivity contribution is 5.92. The van der Waals surface area contributed by atoms with Crippen LogP contribution in [-0.2, 0) is 7.05 Å². The fourth-order valence-corrected chi connectivity index (χ4v) is 4.86. The van der Waals surface area contributed by atoms with Crippen LogP contribution >= 0.6 is 0 Å². The summed E-state index contributed by atoms with van der Waals surface area (Å²) in [5.41, 5.74) is 3.47. The number of benzene rings is 1. The molecule has 0 spiro atoms. The van der Waals surface area contributed by atoms with Crippen LogP contribution in [0.15, 0.2) is 29.1 Å². The summed E-state index contributed by atoms with van der Waals surface area (Å²) in [4.78, 5) is 36.3. The number of carboxylic acids is 1. The smallest absolute Gasteiger partial charge is 0.356 e. The summed E-state index contributed by atoms with van der Waals surface area (Å²) in [6, 6.07) is 7.12. The van der Waals surface area contributed by atoms with Gasteiger partial charge >= 0.3 is 5.97 Å². The fourth-order valence-electron chi connectivity index (χ4n) is 4.86. The molecule has 5 rings (SSSR count). The van der Waals surface area contributed by atoms with E-state index >= 15 is 0 Å². The third-order valence-electron chi connectivity index (χ3n) is 6.67. The Hall–Kier alpha value is -3.42. The van der Waals surface area contributed by atoms with Gasteiger partial charge in [-0.15, -0.1) is 0 Å². The summed E-state index contributed by atoms with van der Waals surface area (Å²) in [6.07, 6.45) is 1.28. The maximum Gasteiger partial charge on any atom is 0.356 e. The van der Waals surface area contributed by atoms with E-state index in [-0.39, 0.29) is 17.3 Å². The van der Waals surface area contributed by atoms with Crippen LogP contribution in [-0.4, -0.2) is 38.7 Å². The van der Waals surface area contributed by atoms with E-state index in [1.54, 1.807) is 30.7 Å². The standard InChI is InChI=1S/C24H27N5O3/c1-12-7-17(14(3)26-19-6-5-13(2)25-21(19)23(31)32)20-18(8-12)22(30)28(4)24(27-20)29-10-15-9-16(15)11-29/h5-8,14-16,26H,9-11H2,1-4H3,(H,31,32). The van der Waals surface area contributed by atoms with E-state index in [0.717, 1.165) is 36.1 Å². The van der Waals surface area contributed by atoms with E-state index in [1.165, 1.54) is 6.42 Å². The molecule has 1 aliphatic carbocycles. The minimum Gasteiger partial charge on any atom is -0.476 e. The Labute approximate surface area is 185 Å². The molecule has 0 bridgehead atoms. The van der Waals surface area contributed by atoms with Crippen molar-refractivity contribution in [2.75, 3.05) is 23.3 Å². The molecule has 0 amide bonds. The predicted octanol–water partition coefficient (Wildman–Crippen LogP) is 3.27. The Balaban J connectivity index is 1.60.